The highest BCUT2D eigenvalue weighted by molar-refractivity contribution is 5.86. The van der Waals surface area contributed by atoms with Gasteiger partial charge in [-0.2, -0.15) is 0 Å². The number of benzene rings is 1. The maximum atomic E-state index is 12.2. The van der Waals surface area contributed by atoms with Gasteiger partial charge in [0.25, 0.3) is 0 Å². The van der Waals surface area contributed by atoms with Crippen molar-refractivity contribution in [3.05, 3.63) is 35.9 Å². The van der Waals surface area contributed by atoms with Gasteiger partial charge in [0.2, 0.25) is 0 Å². The second kappa shape index (κ2) is 7.95. The van der Waals surface area contributed by atoms with Crippen LogP contribution >= 0.6 is 0 Å². The monoisotopic (exact) mass is 333 g/mol. The Morgan fingerprint density at radius 3 is 2.29 bits per heavy atom. The maximum absolute atomic E-state index is 12.2. The number of nitrogens with zero attached hydrogens (tertiary/aromatic N) is 1. The van der Waals surface area contributed by atoms with Crippen LogP contribution in [-0.4, -0.2) is 42.9 Å². The summed E-state index contributed by atoms with van der Waals surface area (Å²) in [7, 11) is 1.32. The fourth-order valence-electron chi connectivity index (χ4n) is 3.07. The van der Waals surface area contributed by atoms with Crippen molar-refractivity contribution in [3.8, 4) is 0 Å². The van der Waals surface area contributed by atoms with Crippen molar-refractivity contribution < 1.29 is 23.9 Å². The standard InChI is InChI=1S/C18H23NO5/c1-14(20)12-18(16(21)23-2)8-10-19(11-9-18)17(22)24-13-15-6-4-3-5-7-15/h3-7H,8-13H2,1-2H3. The van der Waals surface area contributed by atoms with Crippen LogP contribution in [0.2, 0.25) is 0 Å². The number of ether oxygens (including phenoxy) is 2. The summed E-state index contributed by atoms with van der Waals surface area (Å²) in [5, 5.41) is 0. The van der Waals surface area contributed by atoms with Crippen LogP contribution in [0.1, 0.15) is 31.7 Å². The van der Waals surface area contributed by atoms with Crippen LogP contribution in [0.15, 0.2) is 30.3 Å². The molecular weight excluding hydrogens is 310 g/mol. The number of methoxy groups -OCH3 is 1. The smallest absolute Gasteiger partial charge is 0.410 e. The molecule has 1 aliphatic heterocycles. The Morgan fingerprint density at radius 1 is 1.12 bits per heavy atom. The van der Waals surface area contributed by atoms with Crippen molar-refractivity contribution in [1.82, 2.24) is 4.90 Å². The molecule has 24 heavy (non-hydrogen) atoms. The number of hydrogen-bond donors (Lipinski definition) is 0. The normalized spacial score (nSPS) is 16.3. The Morgan fingerprint density at radius 2 is 1.75 bits per heavy atom. The summed E-state index contributed by atoms with van der Waals surface area (Å²) < 4.78 is 10.2. The number of hydrogen-bond acceptors (Lipinski definition) is 5. The molecule has 1 saturated heterocycles. The molecule has 0 bridgehead atoms. The Labute approximate surface area is 141 Å². The minimum atomic E-state index is -0.823. The molecule has 0 N–H and O–H groups in total. The number of likely N-dealkylation sites (tertiary alicyclic amines) is 1. The lowest BCUT2D eigenvalue weighted by Gasteiger charge is -2.38. The van der Waals surface area contributed by atoms with Gasteiger partial charge in [-0.25, -0.2) is 4.79 Å². The molecule has 0 atom stereocenters. The van der Waals surface area contributed by atoms with Crippen molar-refractivity contribution in [2.24, 2.45) is 5.41 Å². The molecule has 6 nitrogen and oxygen atoms in total. The van der Waals surface area contributed by atoms with E-state index in [4.69, 9.17) is 9.47 Å². The summed E-state index contributed by atoms with van der Waals surface area (Å²) in [5.74, 6) is -0.435. The molecule has 1 fully saturated rings. The highest BCUT2D eigenvalue weighted by Gasteiger charge is 2.44. The molecule has 0 aliphatic carbocycles. The van der Waals surface area contributed by atoms with E-state index in [9.17, 15) is 14.4 Å². The van der Waals surface area contributed by atoms with E-state index in [0.717, 1.165) is 5.56 Å². The van der Waals surface area contributed by atoms with Crippen LogP contribution in [0.4, 0.5) is 4.79 Å². The molecule has 0 radical (unpaired) electrons. The zero-order valence-electron chi connectivity index (χ0n) is 14.1. The Hall–Kier alpha value is -2.37. The molecule has 2 rings (SSSR count). The molecule has 1 heterocycles. The first kappa shape index (κ1) is 18.0. The lowest BCUT2D eigenvalue weighted by atomic mass is 9.74. The largest absolute Gasteiger partial charge is 0.469 e. The minimum Gasteiger partial charge on any atom is -0.469 e. The van der Waals surface area contributed by atoms with Crippen molar-refractivity contribution in [3.63, 3.8) is 0 Å². The minimum absolute atomic E-state index is 0.0551. The Kier molecular flexibility index (Phi) is 5.95. The third-order valence-corrected chi connectivity index (χ3v) is 4.39. The molecule has 0 unspecified atom stereocenters. The van der Waals surface area contributed by atoms with E-state index in [1.807, 2.05) is 30.3 Å². The van der Waals surface area contributed by atoms with Crippen LogP contribution < -0.4 is 0 Å². The quantitative estimate of drug-likeness (QED) is 0.774. The highest BCUT2D eigenvalue weighted by Crippen LogP contribution is 2.36. The first-order valence-electron chi connectivity index (χ1n) is 8.00. The van der Waals surface area contributed by atoms with Crippen LogP contribution in [0.3, 0.4) is 0 Å². The molecule has 1 aliphatic rings. The van der Waals surface area contributed by atoms with Crippen molar-refractivity contribution >= 4 is 17.8 Å². The Balaban J connectivity index is 1.91. The van der Waals surface area contributed by atoms with E-state index in [1.165, 1.54) is 14.0 Å². The Bertz CT molecular complexity index is 591. The summed E-state index contributed by atoms with van der Waals surface area (Å²) in [6.45, 7) is 2.42. The van der Waals surface area contributed by atoms with Crippen LogP contribution in [0.25, 0.3) is 0 Å². The summed E-state index contributed by atoms with van der Waals surface area (Å²) >= 11 is 0. The number of carbonyl (C=O) groups is 3. The van der Waals surface area contributed by atoms with Gasteiger partial charge in [-0.1, -0.05) is 30.3 Å². The van der Waals surface area contributed by atoms with Gasteiger partial charge in [0.15, 0.2) is 0 Å². The van der Waals surface area contributed by atoms with Gasteiger partial charge < -0.3 is 14.4 Å². The first-order chi connectivity index (χ1) is 11.5. The van der Waals surface area contributed by atoms with Gasteiger partial charge >= 0.3 is 12.1 Å². The third-order valence-electron chi connectivity index (χ3n) is 4.39. The van der Waals surface area contributed by atoms with E-state index in [-0.39, 0.29) is 24.8 Å². The summed E-state index contributed by atoms with van der Waals surface area (Å²) in [6.07, 6.45) is 0.548. The topological polar surface area (TPSA) is 72.9 Å². The van der Waals surface area contributed by atoms with E-state index in [2.05, 4.69) is 0 Å². The average molecular weight is 333 g/mol. The van der Waals surface area contributed by atoms with E-state index >= 15 is 0 Å². The number of rotatable bonds is 5. The van der Waals surface area contributed by atoms with Crippen molar-refractivity contribution in [2.45, 2.75) is 32.8 Å². The lowest BCUT2D eigenvalue weighted by Crippen LogP contribution is -2.47. The van der Waals surface area contributed by atoms with Crippen LogP contribution in [0.5, 0.6) is 0 Å². The second-order valence-corrected chi connectivity index (χ2v) is 6.18. The van der Waals surface area contributed by atoms with Crippen LogP contribution in [-0.2, 0) is 25.7 Å². The van der Waals surface area contributed by atoms with E-state index in [0.29, 0.717) is 25.9 Å². The highest BCUT2D eigenvalue weighted by atomic mass is 16.6. The summed E-state index contributed by atoms with van der Waals surface area (Å²) in [6, 6.07) is 9.45. The predicted molar refractivity (Wildman–Crippen MR) is 87.2 cm³/mol. The third kappa shape index (κ3) is 4.34. The lowest BCUT2D eigenvalue weighted by molar-refractivity contribution is -0.158. The number of Topliss-reactive ketones (excluding diaryl/α,β-unsaturated/α-hetero) is 1. The molecule has 1 aromatic rings. The molecule has 0 saturated carbocycles. The number of ketones is 1. The molecule has 1 amide bonds. The molecule has 1 aromatic carbocycles. The van der Waals surface area contributed by atoms with E-state index in [1.54, 1.807) is 4.90 Å². The number of amides is 1. The van der Waals surface area contributed by atoms with Gasteiger partial charge in [0, 0.05) is 19.5 Å². The van der Waals surface area contributed by atoms with Crippen LogP contribution in [0, 0.1) is 5.41 Å². The second-order valence-electron chi connectivity index (χ2n) is 6.18. The zero-order chi connectivity index (χ0) is 17.6. The fourth-order valence-corrected chi connectivity index (χ4v) is 3.07. The van der Waals surface area contributed by atoms with Gasteiger partial charge in [0.1, 0.15) is 12.4 Å². The van der Waals surface area contributed by atoms with Gasteiger partial charge in [-0.05, 0) is 25.3 Å². The van der Waals surface area contributed by atoms with Crippen molar-refractivity contribution in [1.29, 1.82) is 0 Å². The van der Waals surface area contributed by atoms with Crippen molar-refractivity contribution in [2.75, 3.05) is 20.2 Å². The number of esters is 1. The molecular formula is C18H23NO5. The number of piperidine rings is 1. The molecule has 0 spiro atoms. The SMILES string of the molecule is COC(=O)C1(CC(C)=O)CCN(C(=O)OCc2ccccc2)CC1. The van der Waals surface area contributed by atoms with Gasteiger partial charge in [-0.3, -0.25) is 9.59 Å². The maximum Gasteiger partial charge on any atom is 0.410 e. The van der Waals surface area contributed by atoms with Gasteiger partial charge in [0.05, 0.1) is 12.5 Å². The molecule has 6 heteroatoms. The fraction of sp³-hybridized carbons (Fsp3) is 0.500. The summed E-state index contributed by atoms with van der Waals surface area (Å²) in [4.78, 5) is 37.3. The molecule has 0 aromatic heterocycles. The average Bonchev–Trinajstić information content (AvgIpc) is 2.60. The van der Waals surface area contributed by atoms with E-state index < -0.39 is 11.5 Å². The van der Waals surface area contributed by atoms with Gasteiger partial charge in [-0.15, -0.1) is 0 Å². The number of carbonyl (C=O) groups excluding carboxylic acids is 3. The molecule has 130 valence electrons. The first-order valence-corrected chi connectivity index (χ1v) is 8.00. The predicted octanol–water partition coefficient (Wildman–Crippen LogP) is 2.56. The zero-order valence-corrected chi connectivity index (χ0v) is 14.1. The summed E-state index contributed by atoms with van der Waals surface area (Å²) in [5.41, 5.74) is 0.0971.